The van der Waals surface area contributed by atoms with Crippen molar-refractivity contribution in [2.45, 2.75) is 31.1 Å². The second-order valence-corrected chi connectivity index (χ2v) is 5.66. The topological polar surface area (TPSA) is 38.9 Å². The molecule has 0 saturated heterocycles. The number of hydrogen-bond acceptors (Lipinski definition) is 2. The quantitative estimate of drug-likeness (QED) is 0.895. The number of halogens is 1. The maximum absolute atomic E-state index is 6.01. The van der Waals surface area contributed by atoms with Crippen molar-refractivity contribution in [1.29, 1.82) is 0 Å². The van der Waals surface area contributed by atoms with Crippen LogP contribution in [0.4, 0.5) is 0 Å². The molecule has 3 heteroatoms. The van der Waals surface area contributed by atoms with E-state index in [4.69, 9.17) is 22.3 Å². The maximum atomic E-state index is 6.01. The minimum Gasteiger partial charge on any atom is -0.330 e. The van der Waals surface area contributed by atoms with Gasteiger partial charge in [0.05, 0.1) is 5.52 Å². The van der Waals surface area contributed by atoms with Crippen molar-refractivity contribution in [2.24, 2.45) is 5.73 Å². The molecule has 0 aliphatic heterocycles. The number of hydrogen-bond donors (Lipinski definition) is 1. The summed E-state index contributed by atoms with van der Waals surface area (Å²) in [4.78, 5) is 4.80. The summed E-state index contributed by atoms with van der Waals surface area (Å²) < 4.78 is 0. The van der Waals surface area contributed by atoms with Crippen LogP contribution in [0.2, 0.25) is 5.02 Å². The van der Waals surface area contributed by atoms with Gasteiger partial charge in [-0.15, -0.1) is 0 Å². The number of aromatic nitrogens is 1. The summed E-state index contributed by atoms with van der Waals surface area (Å²) in [7, 11) is 0. The van der Waals surface area contributed by atoms with Crippen LogP contribution in [-0.2, 0) is 5.41 Å². The fraction of sp³-hybridized carbons (Fsp3) is 0.400. The molecule has 0 spiro atoms. The van der Waals surface area contributed by atoms with Gasteiger partial charge in [-0.25, -0.2) is 0 Å². The second-order valence-electron chi connectivity index (χ2n) is 5.23. The average Bonchev–Trinajstić information content (AvgIpc) is 2.88. The number of pyridine rings is 1. The molecule has 1 heterocycles. The van der Waals surface area contributed by atoms with Crippen molar-refractivity contribution in [2.75, 3.05) is 6.54 Å². The number of nitrogens with two attached hydrogens (primary N) is 1. The van der Waals surface area contributed by atoms with E-state index in [2.05, 4.69) is 12.1 Å². The molecule has 0 radical (unpaired) electrons. The van der Waals surface area contributed by atoms with E-state index in [1.165, 1.54) is 12.8 Å². The first kappa shape index (κ1) is 11.9. The van der Waals surface area contributed by atoms with Gasteiger partial charge in [0.25, 0.3) is 0 Å². The van der Waals surface area contributed by atoms with Gasteiger partial charge in [0.2, 0.25) is 0 Å². The zero-order chi connectivity index (χ0) is 12.6. The highest BCUT2D eigenvalue weighted by Crippen LogP contribution is 2.39. The van der Waals surface area contributed by atoms with Crippen LogP contribution in [0.3, 0.4) is 0 Å². The molecule has 1 aliphatic rings. The van der Waals surface area contributed by atoms with Crippen molar-refractivity contribution >= 4 is 22.5 Å². The Balaban J connectivity index is 2.10. The zero-order valence-corrected chi connectivity index (χ0v) is 11.1. The predicted octanol–water partition coefficient (Wildman–Crippen LogP) is 3.66. The first-order chi connectivity index (χ1) is 8.73. The predicted molar refractivity (Wildman–Crippen MR) is 76.0 cm³/mol. The van der Waals surface area contributed by atoms with Gasteiger partial charge in [-0.3, -0.25) is 4.98 Å². The molecule has 18 heavy (non-hydrogen) atoms. The Morgan fingerprint density at radius 3 is 2.67 bits per heavy atom. The molecular formula is C15H17ClN2. The molecule has 0 atom stereocenters. The molecule has 2 aromatic rings. The molecule has 1 aromatic heterocycles. The molecule has 0 bridgehead atoms. The number of benzene rings is 1. The van der Waals surface area contributed by atoms with Crippen LogP contribution in [0.1, 0.15) is 31.4 Å². The van der Waals surface area contributed by atoms with E-state index >= 15 is 0 Å². The first-order valence-corrected chi connectivity index (χ1v) is 6.88. The molecule has 0 amide bonds. The van der Waals surface area contributed by atoms with Crippen molar-refractivity contribution < 1.29 is 0 Å². The third kappa shape index (κ3) is 1.90. The lowest BCUT2D eigenvalue weighted by atomic mass is 9.82. The molecule has 1 fully saturated rings. The molecule has 2 N–H and O–H groups in total. The van der Waals surface area contributed by atoms with Crippen molar-refractivity contribution in [3.63, 3.8) is 0 Å². The van der Waals surface area contributed by atoms with Crippen molar-refractivity contribution in [3.05, 3.63) is 41.0 Å². The molecule has 1 saturated carbocycles. The van der Waals surface area contributed by atoms with E-state index in [0.29, 0.717) is 6.54 Å². The standard InChI is InChI=1S/C15H17ClN2/c16-12-4-5-13-11(9-12)3-6-14(18-13)15(10-17)7-1-2-8-15/h3-6,9H,1-2,7-8,10,17H2. The van der Waals surface area contributed by atoms with Gasteiger partial charge in [-0.05, 0) is 37.1 Å². The van der Waals surface area contributed by atoms with Crippen LogP contribution in [0, 0.1) is 0 Å². The van der Waals surface area contributed by atoms with Gasteiger partial charge < -0.3 is 5.73 Å². The minimum atomic E-state index is 0.105. The Bertz CT molecular complexity index is 574. The van der Waals surface area contributed by atoms with Crippen molar-refractivity contribution in [3.8, 4) is 0 Å². The highest BCUT2D eigenvalue weighted by molar-refractivity contribution is 6.31. The van der Waals surface area contributed by atoms with Gasteiger partial charge in [0.1, 0.15) is 0 Å². The van der Waals surface area contributed by atoms with Gasteiger partial charge in [0, 0.05) is 28.1 Å². The first-order valence-electron chi connectivity index (χ1n) is 6.50. The van der Waals surface area contributed by atoms with Crippen LogP contribution < -0.4 is 5.73 Å². The smallest absolute Gasteiger partial charge is 0.0706 e. The highest BCUT2D eigenvalue weighted by Gasteiger charge is 2.35. The highest BCUT2D eigenvalue weighted by atomic mass is 35.5. The largest absolute Gasteiger partial charge is 0.330 e. The summed E-state index contributed by atoms with van der Waals surface area (Å²) in [6, 6.07) is 10.1. The Hall–Kier alpha value is -1.12. The van der Waals surface area contributed by atoms with Crippen LogP contribution in [-0.4, -0.2) is 11.5 Å². The lowest BCUT2D eigenvalue weighted by Crippen LogP contribution is -2.32. The molecule has 94 valence electrons. The summed E-state index contributed by atoms with van der Waals surface area (Å²) in [6.07, 6.45) is 4.85. The molecule has 2 nitrogen and oxygen atoms in total. The third-order valence-electron chi connectivity index (χ3n) is 4.15. The van der Waals surface area contributed by atoms with E-state index in [0.717, 1.165) is 34.5 Å². The fourth-order valence-electron chi connectivity index (χ4n) is 3.01. The third-order valence-corrected chi connectivity index (χ3v) is 4.38. The number of nitrogens with zero attached hydrogens (tertiary/aromatic N) is 1. The van der Waals surface area contributed by atoms with E-state index in [1.807, 2.05) is 18.2 Å². The Morgan fingerprint density at radius 2 is 1.94 bits per heavy atom. The van der Waals surface area contributed by atoms with Crippen LogP contribution >= 0.6 is 11.6 Å². The van der Waals surface area contributed by atoms with Crippen molar-refractivity contribution in [1.82, 2.24) is 4.98 Å². The van der Waals surface area contributed by atoms with E-state index in [9.17, 15) is 0 Å². The SMILES string of the molecule is NCC1(c2ccc3cc(Cl)ccc3n2)CCCC1. The Labute approximate surface area is 112 Å². The summed E-state index contributed by atoms with van der Waals surface area (Å²) in [5.41, 5.74) is 8.27. The van der Waals surface area contributed by atoms with E-state index in [-0.39, 0.29) is 5.41 Å². The molecular weight excluding hydrogens is 244 g/mol. The maximum Gasteiger partial charge on any atom is 0.0706 e. The van der Waals surface area contributed by atoms with Gasteiger partial charge in [0.15, 0.2) is 0 Å². The average molecular weight is 261 g/mol. The normalized spacial score (nSPS) is 18.3. The molecule has 1 aromatic carbocycles. The Morgan fingerprint density at radius 1 is 1.17 bits per heavy atom. The number of rotatable bonds is 2. The Kier molecular flexibility index (Phi) is 3.00. The van der Waals surface area contributed by atoms with Crippen LogP contribution in [0.5, 0.6) is 0 Å². The molecule has 1 aliphatic carbocycles. The van der Waals surface area contributed by atoms with Gasteiger partial charge in [-0.2, -0.15) is 0 Å². The lowest BCUT2D eigenvalue weighted by Gasteiger charge is -2.26. The van der Waals surface area contributed by atoms with E-state index in [1.54, 1.807) is 0 Å². The fourth-order valence-corrected chi connectivity index (χ4v) is 3.19. The molecule has 3 rings (SSSR count). The zero-order valence-electron chi connectivity index (χ0n) is 10.3. The van der Waals surface area contributed by atoms with Crippen LogP contribution in [0.25, 0.3) is 10.9 Å². The van der Waals surface area contributed by atoms with Gasteiger partial charge >= 0.3 is 0 Å². The van der Waals surface area contributed by atoms with Gasteiger partial charge in [-0.1, -0.05) is 30.5 Å². The molecule has 0 unspecified atom stereocenters. The monoisotopic (exact) mass is 260 g/mol. The lowest BCUT2D eigenvalue weighted by molar-refractivity contribution is 0.441. The minimum absolute atomic E-state index is 0.105. The summed E-state index contributed by atoms with van der Waals surface area (Å²) in [5.74, 6) is 0. The summed E-state index contributed by atoms with van der Waals surface area (Å²) >= 11 is 5.99. The summed E-state index contributed by atoms with van der Waals surface area (Å²) in [5, 5.41) is 1.85. The summed E-state index contributed by atoms with van der Waals surface area (Å²) in [6.45, 7) is 0.694. The number of fused-ring (bicyclic) bond motifs is 1. The van der Waals surface area contributed by atoms with Crippen LogP contribution in [0.15, 0.2) is 30.3 Å². The van der Waals surface area contributed by atoms with E-state index < -0.39 is 0 Å². The second kappa shape index (κ2) is 4.52.